The molecule has 0 aliphatic heterocycles. The van der Waals surface area contributed by atoms with E-state index in [1.807, 2.05) is 43.7 Å². The average molecular weight is 340 g/mol. The predicted molar refractivity (Wildman–Crippen MR) is 92.3 cm³/mol. The molecule has 2 aromatic heterocycles. The molecular weight excluding hydrogens is 320 g/mol. The Bertz CT molecular complexity index is 826. The van der Waals surface area contributed by atoms with Gasteiger partial charge in [-0.25, -0.2) is 9.48 Å². The molecule has 0 bridgehead atoms. The molecule has 3 rings (SSSR count). The number of carbonyl (C=O) groups excluding carboxylic acids is 1. The number of tetrazole rings is 1. The van der Waals surface area contributed by atoms with Crippen LogP contribution in [0.2, 0.25) is 0 Å². The van der Waals surface area contributed by atoms with Gasteiger partial charge in [0.25, 0.3) is 0 Å². The molecule has 0 unspecified atom stereocenters. The predicted octanol–water partition coefficient (Wildman–Crippen LogP) is 1.49. The molecule has 0 aliphatic carbocycles. The molecular formula is C16H20N8O. The number of carbonyl (C=O) groups is 1. The van der Waals surface area contributed by atoms with Gasteiger partial charge in [0.15, 0.2) is 0 Å². The second kappa shape index (κ2) is 7.56. The quantitative estimate of drug-likeness (QED) is 0.734. The Hall–Kier alpha value is -3.23. The summed E-state index contributed by atoms with van der Waals surface area (Å²) < 4.78 is 3.32. The molecule has 0 aliphatic rings. The summed E-state index contributed by atoms with van der Waals surface area (Å²) in [6.07, 6.45) is 7.11. The summed E-state index contributed by atoms with van der Waals surface area (Å²) >= 11 is 0. The second-order valence-corrected chi connectivity index (χ2v) is 5.78. The van der Waals surface area contributed by atoms with Gasteiger partial charge in [0.1, 0.15) is 6.33 Å². The third-order valence-electron chi connectivity index (χ3n) is 3.78. The van der Waals surface area contributed by atoms with Gasteiger partial charge in [0, 0.05) is 32.5 Å². The van der Waals surface area contributed by atoms with Crippen LogP contribution in [0.15, 0.2) is 43.0 Å². The number of anilines is 1. The minimum absolute atomic E-state index is 0.153. The van der Waals surface area contributed by atoms with E-state index in [-0.39, 0.29) is 6.03 Å². The SMILES string of the molecule is CN(CCCc1cnn(C)c1)C(=O)Nc1cccc(-n2cnnn2)c1. The summed E-state index contributed by atoms with van der Waals surface area (Å²) in [6, 6.07) is 7.20. The Kier molecular flexibility index (Phi) is 5.03. The van der Waals surface area contributed by atoms with E-state index in [2.05, 4.69) is 25.9 Å². The minimum atomic E-state index is -0.153. The number of urea groups is 1. The normalized spacial score (nSPS) is 10.6. The van der Waals surface area contributed by atoms with Gasteiger partial charge >= 0.3 is 6.03 Å². The zero-order valence-corrected chi connectivity index (χ0v) is 14.2. The molecule has 2 heterocycles. The summed E-state index contributed by atoms with van der Waals surface area (Å²) in [6.45, 7) is 0.660. The van der Waals surface area contributed by atoms with Crippen molar-refractivity contribution in [2.45, 2.75) is 12.8 Å². The highest BCUT2D eigenvalue weighted by atomic mass is 16.2. The molecule has 130 valence electrons. The van der Waals surface area contributed by atoms with Crippen LogP contribution in [0.3, 0.4) is 0 Å². The Morgan fingerprint density at radius 3 is 2.96 bits per heavy atom. The molecule has 0 atom stereocenters. The van der Waals surface area contributed by atoms with Crippen molar-refractivity contribution >= 4 is 11.7 Å². The maximum Gasteiger partial charge on any atom is 0.321 e. The van der Waals surface area contributed by atoms with Crippen molar-refractivity contribution in [3.8, 4) is 5.69 Å². The smallest absolute Gasteiger partial charge is 0.321 e. The molecule has 1 N–H and O–H groups in total. The van der Waals surface area contributed by atoms with Gasteiger partial charge in [0.05, 0.1) is 11.9 Å². The van der Waals surface area contributed by atoms with Crippen LogP contribution in [-0.4, -0.2) is 54.5 Å². The summed E-state index contributed by atoms with van der Waals surface area (Å²) in [5, 5.41) is 18.1. The summed E-state index contributed by atoms with van der Waals surface area (Å²) in [5.41, 5.74) is 2.64. The molecule has 25 heavy (non-hydrogen) atoms. The molecule has 1 aromatic carbocycles. The number of benzene rings is 1. The van der Waals surface area contributed by atoms with E-state index in [9.17, 15) is 4.79 Å². The van der Waals surface area contributed by atoms with Gasteiger partial charge in [-0.15, -0.1) is 5.10 Å². The zero-order valence-electron chi connectivity index (χ0n) is 14.2. The lowest BCUT2D eigenvalue weighted by molar-refractivity contribution is 0.222. The van der Waals surface area contributed by atoms with E-state index in [1.165, 1.54) is 16.6 Å². The van der Waals surface area contributed by atoms with Crippen molar-refractivity contribution in [1.29, 1.82) is 0 Å². The van der Waals surface area contributed by atoms with Crippen molar-refractivity contribution in [3.63, 3.8) is 0 Å². The van der Waals surface area contributed by atoms with Crippen LogP contribution in [-0.2, 0) is 13.5 Å². The van der Waals surface area contributed by atoms with Crippen LogP contribution in [0.4, 0.5) is 10.5 Å². The molecule has 0 spiro atoms. The fraction of sp³-hybridized carbons (Fsp3) is 0.312. The molecule has 0 radical (unpaired) electrons. The summed E-state index contributed by atoms with van der Waals surface area (Å²) in [5.74, 6) is 0. The Balaban J connectivity index is 1.52. The number of aryl methyl sites for hydroxylation is 2. The van der Waals surface area contributed by atoms with Gasteiger partial charge < -0.3 is 10.2 Å². The van der Waals surface area contributed by atoms with Crippen LogP contribution >= 0.6 is 0 Å². The number of rotatable bonds is 6. The third kappa shape index (κ3) is 4.40. The lowest BCUT2D eigenvalue weighted by Gasteiger charge is -2.18. The van der Waals surface area contributed by atoms with E-state index in [0.29, 0.717) is 12.2 Å². The topological polar surface area (TPSA) is 93.8 Å². The van der Waals surface area contributed by atoms with Gasteiger partial charge in [-0.05, 0) is 47.0 Å². The van der Waals surface area contributed by atoms with Crippen LogP contribution in [0.5, 0.6) is 0 Å². The summed E-state index contributed by atoms with van der Waals surface area (Å²) in [7, 11) is 3.68. The molecule has 0 saturated heterocycles. The number of aromatic nitrogens is 6. The zero-order chi connectivity index (χ0) is 17.6. The highest BCUT2D eigenvalue weighted by Crippen LogP contribution is 2.14. The fourth-order valence-corrected chi connectivity index (χ4v) is 2.45. The van der Waals surface area contributed by atoms with E-state index >= 15 is 0 Å². The van der Waals surface area contributed by atoms with Crippen LogP contribution < -0.4 is 5.32 Å². The van der Waals surface area contributed by atoms with Crippen molar-refractivity contribution in [3.05, 3.63) is 48.5 Å². The Morgan fingerprint density at radius 2 is 2.24 bits per heavy atom. The number of amides is 2. The van der Waals surface area contributed by atoms with Gasteiger partial charge in [-0.3, -0.25) is 4.68 Å². The summed E-state index contributed by atoms with van der Waals surface area (Å²) in [4.78, 5) is 14.0. The number of hydrogen-bond acceptors (Lipinski definition) is 5. The first kappa shape index (κ1) is 16.6. The number of nitrogens with one attached hydrogen (secondary N) is 1. The minimum Gasteiger partial charge on any atom is -0.328 e. The van der Waals surface area contributed by atoms with Crippen molar-refractivity contribution in [1.82, 2.24) is 34.9 Å². The Labute approximate surface area is 145 Å². The Morgan fingerprint density at radius 1 is 1.36 bits per heavy atom. The molecule has 0 saturated carbocycles. The maximum absolute atomic E-state index is 12.3. The first-order chi connectivity index (χ1) is 12.1. The van der Waals surface area contributed by atoms with Crippen LogP contribution in [0.25, 0.3) is 5.69 Å². The highest BCUT2D eigenvalue weighted by molar-refractivity contribution is 5.89. The molecule has 9 nitrogen and oxygen atoms in total. The molecule has 3 aromatic rings. The van der Waals surface area contributed by atoms with Crippen LogP contribution in [0.1, 0.15) is 12.0 Å². The number of nitrogens with zero attached hydrogens (tertiary/aromatic N) is 7. The van der Waals surface area contributed by atoms with Crippen molar-refractivity contribution in [2.24, 2.45) is 7.05 Å². The van der Waals surface area contributed by atoms with Gasteiger partial charge in [-0.2, -0.15) is 5.10 Å². The van der Waals surface area contributed by atoms with Crippen LogP contribution in [0, 0.1) is 0 Å². The first-order valence-corrected chi connectivity index (χ1v) is 7.95. The lowest BCUT2D eigenvalue weighted by atomic mass is 10.2. The van der Waals surface area contributed by atoms with Gasteiger partial charge in [-0.1, -0.05) is 6.07 Å². The molecule has 9 heteroatoms. The monoisotopic (exact) mass is 340 g/mol. The number of hydrogen-bond donors (Lipinski definition) is 1. The van der Waals surface area contributed by atoms with Gasteiger partial charge in [0.2, 0.25) is 0 Å². The largest absolute Gasteiger partial charge is 0.328 e. The third-order valence-corrected chi connectivity index (χ3v) is 3.78. The van der Waals surface area contributed by atoms with Crippen molar-refractivity contribution < 1.29 is 4.79 Å². The fourth-order valence-electron chi connectivity index (χ4n) is 2.45. The molecule has 0 fully saturated rings. The van der Waals surface area contributed by atoms with Crippen molar-refractivity contribution in [2.75, 3.05) is 18.9 Å². The average Bonchev–Trinajstić information content (AvgIpc) is 3.27. The highest BCUT2D eigenvalue weighted by Gasteiger charge is 2.09. The standard InChI is InChI=1S/C16H20N8O/c1-22(8-4-5-13-10-18-23(2)11-13)16(25)19-14-6-3-7-15(9-14)24-12-17-20-21-24/h3,6-7,9-12H,4-5,8H2,1-2H3,(H,19,25). The first-order valence-electron chi connectivity index (χ1n) is 7.95. The lowest BCUT2D eigenvalue weighted by Crippen LogP contribution is -2.32. The second-order valence-electron chi connectivity index (χ2n) is 5.78. The molecule has 2 amide bonds. The van der Waals surface area contributed by atoms with E-state index < -0.39 is 0 Å². The van der Waals surface area contributed by atoms with E-state index in [4.69, 9.17) is 0 Å². The van der Waals surface area contributed by atoms with E-state index in [0.717, 1.165) is 18.5 Å². The van der Waals surface area contributed by atoms with E-state index in [1.54, 1.807) is 16.6 Å². The maximum atomic E-state index is 12.3.